The highest BCUT2D eigenvalue weighted by Crippen LogP contribution is 2.23. The van der Waals surface area contributed by atoms with Crippen molar-refractivity contribution in [3.63, 3.8) is 0 Å². The Labute approximate surface area is 126 Å². The molecule has 0 spiro atoms. The van der Waals surface area contributed by atoms with Gasteiger partial charge in [-0.2, -0.15) is 5.10 Å². The second-order valence-electron chi connectivity index (χ2n) is 6.16. The zero-order chi connectivity index (χ0) is 14.8. The highest BCUT2D eigenvalue weighted by atomic mass is 15.3. The fraction of sp³-hybridized carbons (Fsp3) is 0.471. The van der Waals surface area contributed by atoms with Crippen molar-refractivity contribution in [1.29, 1.82) is 0 Å². The Kier molecular flexibility index (Phi) is 3.97. The molecule has 1 aromatic carbocycles. The zero-order valence-corrected chi connectivity index (χ0v) is 13.0. The van der Waals surface area contributed by atoms with Crippen LogP contribution in [0.25, 0.3) is 5.69 Å². The van der Waals surface area contributed by atoms with E-state index in [0.29, 0.717) is 18.1 Å². The van der Waals surface area contributed by atoms with Gasteiger partial charge in [0.2, 0.25) is 0 Å². The Balaban J connectivity index is 1.68. The summed E-state index contributed by atoms with van der Waals surface area (Å²) >= 11 is 0. The number of benzene rings is 1. The molecule has 21 heavy (non-hydrogen) atoms. The lowest BCUT2D eigenvalue weighted by Crippen LogP contribution is -2.47. The number of hydrogen-bond acceptors (Lipinski definition) is 3. The number of para-hydroxylation sites is 1. The van der Waals surface area contributed by atoms with Crippen LogP contribution in [-0.4, -0.2) is 39.9 Å². The van der Waals surface area contributed by atoms with E-state index in [1.165, 1.54) is 12.8 Å². The first-order chi connectivity index (χ1) is 10.1. The molecule has 2 aromatic rings. The number of nitrogens with zero attached hydrogens (tertiary/aromatic N) is 3. The normalized spacial score (nSPS) is 26.7. The highest BCUT2D eigenvalue weighted by Gasteiger charge is 2.28. The average Bonchev–Trinajstić information content (AvgIpc) is 2.94. The minimum Gasteiger partial charge on any atom is -0.366 e. The summed E-state index contributed by atoms with van der Waals surface area (Å²) in [7, 11) is 2.22. The largest absolute Gasteiger partial charge is 0.366 e. The van der Waals surface area contributed by atoms with Crippen LogP contribution in [0.5, 0.6) is 0 Å². The second-order valence-corrected chi connectivity index (χ2v) is 6.16. The molecule has 1 fully saturated rings. The van der Waals surface area contributed by atoms with Crippen molar-refractivity contribution in [1.82, 2.24) is 14.7 Å². The van der Waals surface area contributed by atoms with Crippen LogP contribution in [-0.2, 0) is 0 Å². The van der Waals surface area contributed by atoms with Gasteiger partial charge in [0.1, 0.15) is 5.82 Å². The first-order valence-electron chi connectivity index (χ1n) is 7.73. The van der Waals surface area contributed by atoms with Crippen molar-refractivity contribution < 1.29 is 0 Å². The van der Waals surface area contributed by atoms with E-state index < -0.39 is 0 Å². The van der Waals surface area contributed by atoms with Crippen molar-refractivity contribution in [2.75, 3.05) is 12.4 Å². The monoisotopic (exact) mass is 284 g/mol. The van der Waals surface area contributed by atoms with Gasteiger partial charge in [-0.15, -0.1) is 0 Å². The summed E-state index contributed by atoms with van der Waals surface area (Å²) in [4.78, 5) is 2.46. The maximum absolute atomic E-state index is 4.64. The van der Waals surface area contributed by atoms with Crippen molar-refractivity contribution in [3.8, 4) is 5.69 Å². The van der Waals surface area contributed by atoms with Gasteiger partial charge in [-0.05, 0) is 45.9 Å². The van der Waals surface area contributed by atoms with E-state index in [4.69, 9.17) is 0 Å². The van der Waals surface area contributed by atoms with Crippen LogP contribution in [0.15, 0.2) is 42.6 Å². The number of aromatic nitrogens is 2. The van der Waals surface area contributed by atoms with E-state index >= 15 is 0 Å². The third-order valence-corrected chi connectivity index (χ3v) is 4.60. The molecule has 0 amide bonds. The van der Waals surface area contributed by atoms with Crippen LogP contribution < -0.4 is 5.32 Å². The minimum absolute atomic E-state index is 0.505. The maximum Gasteiger partial charge on any atom is 0.148 e. The van der Waals surface area contributed by atoms with Gasteiger partial charge in [0, 0.05) is 30.4 Å². The molecule has 0 saturated carbocycles. The smallest absolute Gasteiger partial charge is 0.148 e. The lowest BCUT2D eigenvalue weighted by atomic mass is 9.93. The molecule has 0 radical (unpaired) electrons. The molecule has 1 saturated heterocycles. The number of hydrogen-bond donors (Lipinski definition) is 1. The van der Waals surface area contributed by atoms with Gasteiger partial charge in [0.05, 0.1) is 5.69 Å². The third kappa shape index (κ3) is 3.10. The number of piperidine rings is 1. The van der Waals surface area contributed by atoms with Gasteiger partial charge < -0.3 is 10.2 Å². The van der Waals surface area contributed by atoms with E-state index in [0.717, 1.165) is 11.5 Å². The van der Waals surface area contributed by atoms with Crippen LogP contribution in [0.4, 0.5) is 5.82 Å². The molecule has 2 atom stereocenters. The molecule has 4 nitrogen and oxygen atoms in total. The summed E-state index contributed by atoms with van der Waals surface area (Å²) in [6.07, 6.45) is 4.34. The molecule has 2 unspecified atom stereocenters. The summed E-state index contributed by atoms with van der Waals surface area (Å²) in [5.41, 5.74) is 1.09. The fourth-order valence-electron chi connectivity index (χ4n) is 3.14. The molecule has 0 aliphatic carbocycles. The standard InChI is InChI=1S/C17H24N4/c1-13-11-15(12-14(2)20(13)3)18-17-9-10-21(19-17)16-7-5-4-6-8-16/h4-10,13-15H,11-12H2,1-3H3,(H,18,19). The summed E-state index contributed by atoms with van der Waals surface area (Å²) in [6.45, 7) is 4.60. The van der Waals surface area contributed by atoms with E-state index in [-0.39, 0.29) is 0 Å². The Morgan fingerprint density at radius 3 is 2.38 bits per heavy atom. The molecule has 4 heteroatoms. The third-order valence-electron chi connectivity index (χ3n) is 4.60. The highest BCUT2D eigenvalue weighted by molar-refractivity contribution is 5.38. The average molecular weight is 284 g/mol. The number of anilines is 1. The van der Waals surface area contributed by atoms with Crippen molar-refractivity contribution in [2.24, 2.45) is 0 Å². The van der Waals surface area contributed by atoms with Crippen LogP contribution >= 0.6 is 0 Å². The van der Waals surface area contributed by atoms with Gasteiger partial charge in [-0.1, -0.05) is 18.2 Å². The molecule has 1 aliphatic heterocycles. The molecule has 1 aliphatic rings. The van der Waals surface area contributed by atoms with Gasteiger partial charge in [0.25, 0.3) is 0 Å². The zero-order valence-electron chi connectivity index (χ0n) is 13.0. The first kappa shape index (κ1) is 14.1. The van der Waals surface area contributed by atoms with Crippen LogP contribution in [0.2, 0.25) is 0 Å². The maximum atomic E-state index is 4.64. The Morgan fingerprint density at radius 2 is 1.71 bits per heavy atom. The Bertz CT molecular complexity index is 565. The van der Waals surface area contributed by atoms with Crippen LogP contribution in [0, 0.1) is 0 Å². The minimum atomic E-state index is 0.505. The number of likely N-dealkylation sites (tertiary alicyclic amines) is 1. The molecule has 2 heterocycles. The summed E-state index contributed by atoms with van der Waals surface area (Å²) in [5, 5.41) is 8.23. The fourth-order valence-corrected chi connectivity index (χ4v) is 3.14. The van der Waals surface area contributed by atoms with Crippen molar-refractivity contribution in [2.45, 2.75) is 44.8 Å². The summed E-state index contributed by atoms with van der Waals surface area (Å²) < 4.78 is 1.92. The predicted octanol–water partition coefficient (Wildman–Crippen LogP) is 3.16. The van der Waals surface area contributed by atoms with Crippen molar-refractivity contribution in [3.05, 3.63) is 42.6 Å². The van der Waals surface area contributed by atoms with Gasteiger partial charge in [-0.3, -0.25) is 0 Å². The van der Waals surface area contributed by atoms with E-state index in [2.05, 4.69) is 54.4 Å². The first-order valence-corrected chi connectivity index (χ1v) is 7.73. The topological polar surface area (TPSA) is 33.1 Å². The Morgan fingerprint density at radius 1 is 1.05 bits per heavy atom. The van der Waals surface area contributed by atoms with Gasteiger partial charge in [-0.25, -0.2) is 4.68 Å². The lowest BCUT2D eigenvalue weighted by Gasteiger charge is -2.40. The molecular weight excluding hydrogens is 260 g/mol. The number of rotatable bonds is 3. The summed E-state index contributed by atoms with van der Waals surface area (Å²) in [6, 6.07) is 14.0. The molecule has 0 bridgehead atoms. The molecule has 3 rings (SSSR count). The van der Waals surface area contributed by atoms with Crippen LogP contribution in [0.1, 0.15) is 26.7 Å². The Hall–Kier alpha value is -1.81. The predicted molar refractivity (Wildman–Crippen MR) is 86.9 cm³/mol. The van der Waals surface area contributed by atoms with E-state index in [1.54, 1.807) is 0 Å². The SMILES string of the molecule is CC1CC(Nc2ccn(-c3ccccc3)n2)CC(C)N1C. The second kappa shape index (κ2) is 5.90. The van der Waals surface area contributed by atoms with Crippen molar-refractivity contribution >= 4 is 5.82 Å². The van der Waals surface area contributed by atoms with E-state index in [1.807, 2.05) is 29.1 Å². The van der Waals surface area contributed by atoms with Gasteiger partial charge >= 0.3 is 0 Å². The number of nitrogens with one attached hydrogen (secondary N) is 1. The lowest BCUT2D eigenvalue weighted by molar-refractivity contribution is 0.129. The van der Waals surface area contributed by atoms with Crippen LogP contribution in [0.3, 0.4) is 0 Å². The van der Waals surface area contributed by atoms with E-state index in [9.17, 15) is 0 Å². The molecular formula is C17H24N4. The molecule has 112 valence electrons. The molecule has 1 N–H and O–H groups in total. The molecule has 1 aromatic heterocycles. The quantitative estimate of drug-likeness (QED) is 0.940. The van der Waals surface area contributed by atoms with Gasteiger partial charge in [0.15, 0.2) is 0 Å². The summed E-state index contributed by atoms with van der Waals surface area (Å²) in [5.74, 6) is 0.966.